The van der Waals surface area contributed by atoms with Gasteiger partial charge in [-0.25, -0.2) is 4.79 Å². The smallest absolute Gasteiger partial charge is 0.335 e. The number of ether oxygens (including phenoxy) is 1. The molecule has 1 aliphatic rings. The van der Waals surface area contributed by atoms with Crippen molar-refractivity contribution < 1.29 is 14.6 Å². The van der Waals surface area contributed by atoms with Crippen molar-refractivity contribution in [1.82, 2.24) is 9.78 Å². The van der Waals surface area contributed by atoms with Crippen molar-refractivity contribution in [3.8, 4) is 5.75 Å². The average molecular weight is 429 g/mol. The van der Waals surface area contributed by atoms with Crippen molar-refractivity contribution in [3.05, 3.63) is 57.7 Å². The van der Waals surface area contributed by atoms with Gasteiger partial charge in [0.25, 0.3) is 0 Å². The van der Waals surface area contributed by atoms with E-state index in [1.807, 2.05) is 29.8 Å². The molecule has 27 heavy (non-hydrogen) atoms. The number of rotatable bonds is 6. The summed E-state index contributed by atoms with van der Waals surface area (Å²) in [6, 6.07) is 11.2. The monoisotopic (exact) mass is 428 g/mol. The Hall–Kier alpha value is -2.34. The molecular formula is C21H21BrN2O3. The SMILES string of the molecule is Cc1nn(Cc2cc(Br)ccc2OC(C)C2CC2)c2ccc(C(=O)O)cc12. The molecule has 1 aliphatic carbocycles. The Morgan fingerprint density at radius 1 is 1.33 bits per heavy atom. The van der Waals surface area contributed by atoms with E-state index in [0.717, 1.165) is 32.4 Å². The Bertz CT molecular complexity index is 1020. The molecule has 0 spiro atoms. The van der Waals surface area contributed by atoms with Crippen LogP contribution in [0.3, 0.4) is 0 Å². The van der Waals surface area contributed by atoms with Gasteiger partial charge in [0, 0.05) is 15.4 Å². The number of carbonyl (C=O) groups is 1. The molecule has 1 atom stereocenters. The summed E-state index contributed by atoms with van der Waals surface area (Å²) in [5.74, 6) is 0.602. The first-order valence-electron chi connectivity index (χ1n) is 9.08. The highest BCUT2D eigenvalue weighted by Gasteiger charge is 2.30. The van der Waals surface area contributed by atoms with Gasteiger partial charge in [0.2, 0.25) is 0 Å². The quantitative estimate of drug-likeness (QED) is 0.597. The van der Waals surface area contributed by atoms with Crippen LogP contribution in [0.25, 0.3) is 10.9 Å². The minimum absolute atomic E-state index is 0.208. The molecule has 0 amide bonds. The lowest BCUT2D eigenvalue weighted by Gasteiger charge is -2.18. The van der Waals surface area contributed by atoms with E-state index in [0.29, 0.717) is 12.5 Å². The number of aryl methyl sites for hydroxylation is 1. The van der Waals surface area contributed by atoms with Crippen molar-refractivity contribution in [2.45, 2.75) is 39.3 Å². The van der Waals surface area contributed by atoms with Crippen LogP contribution in [0.4, 0.5) is 0 Å². The molecule has 6 heteroatoms. The Morgan fingerprint density at radius 3 is 2.81 bits per heavy atom. The summed E-state index contributed by atoms with van der Waals surface area (Å²) in [5.41, 5.74) is 3.05. The summed E-state index contributed by atoms with van der Waals surface area (Å²) in [6.45, 7) is 4.59. The zero-order valence-electron chi connectivity index (χ0n) is 15.3. The largest absolute Gasteiger partial charge is 0.490 e. The Morgan fingerprint density at radius 2 is 2.11 bits per heavy atom. The van der Waals surface area contributed by atoms with Gasteiger partial charge in [-0.1, -0.05) is 15.9 Å². The molecule has 1 unspecified atom stereocenters. The van der Waals surface area contributed by atoms with Crippen molar-refractivity contribution in [3.63, 3.8) is 0 Å². The molecule has 1 heterocycles. The Balaban J connectivity index is 1.69. The normalized spacial score (nSPS) is 15.1. The van der Waals surface area contributed by atoms with Crippen LogP contribution in [-0.2, 0) is 6.54 Å². The van der Waals surface area contributed by atoms with Crippen molar-refractivity contribution in [2.24, 2.45) is 5.92 Å². The van der Waals surface area contributed by atoms with Crippen LogP contribution in [0.15, 0.2) is 40.9 Å². The van der Waals surface area contributed by atoms with Gasteiger partial charge in [-0.3, -0.25) is 4.68 Å². The molecule has 5 nitrogen and oxygen atoms in total. The van der Waals surface area contributed by atoms with E-state index in [-0.39, 0.29) is 11.7 Å². The second-order valence-corrected chi connectivity index (χ2v) is 8.11. The van der Waals surface area contributed by atoms with Gasteiger partial charge in [-0.15, -0.1) is 0 Å². The van der Waals surface area contributed by atoms with Gasteiger partial charge >= 0.3 is 5.97 Å². The third-order valence-corrected chi connectivity index (χ3v) is 5.62. The summed E-state index contributed by atoms with van der Waals surface area (Å²) in [5, 5.41) is 14.7. The van der Waals surface area contributed by atoms with Gasteiger partial charge < -0.3 is 9.84 Å². The molecule has 2 aromatic carbocycles. The van der Waals surface area contributed by atoms with Gasteiger partial charge in [-0.2, -0.15) is 5.10 Å². The van der Waals surface area contributed by atoms with E-state index in [4.69, 9.17) is 4.74 Å². The Labute approximate surface area is 166 Å². The fourth-order valence-corrected chi connectivity index (χ4v) is 3.81. The first kappa shape index (κ1) is 18.0. The van der Waals surface area contributed by atoms with Crippen LogP contribution in [0.2, 0.25) is 0 Å². The average Bonchev–Trinajstić information content (AvgIpc) is 3.43. The molecule has 1 aromatic heterocycles. The third kappa shape index (κ3) is 3.72. The number of aromatic carboxylic acids is 1. The minimum Gasteiger partial charge on any atom is -0.490 e. The van der Waals surface area contributed by atoms with Gasteiger partial charge in [0.1, 0.15) is 5.75 Å². The molecule has 1 saturated carbocycles. The van der Waals surface area contributed by atoms with Gasteiger partial charge in [0.15, 0.2) is 0 Å². The lowest BCUT2D eigenvalue weighted by Crippen LogP contribution is -2.15. The number of aromatic nitrogens is 2. The minimum atomic E-state index is -0.930. The molecule has 0 aliphatic heterocycles. The van der Waals surface area contributed by atoms with Crippen LogP contribution < -0.4 is 4.74 Å². The molecule has 1 fully saturated rings. The van der Waals surface area contributed by atoms with Gasteiger partial charge in [-0.05, 0) is 69.0 Å². The molecular weight excluding hydrogens is 408 g/mol. The highest BCUT2D eigenvalue weighted by Crippen LogP contribution is 2.36. The van der Waals surface area contributed by atoms with E-state index in [2.05, 4.69) is 34.0 Å². The zero-order chi connectivity index (χ0) is 19.1. The summed E-state index contributed by atoms with van der Waals surface area (Å²) < 4.78 is 9.13. The highest BCUT2D eigenvalue weighted by molar-refractivity contribution is 9.10. The first-order valence-corrected chi connectivity index (χ1v) is 9.87. The number of fused-ring (bicyclic) bond motifs is 1. The van der Waals surface area contributed by atoms with E-state index in [1.54, 1.807) is 12.1 Å². The number of carboxylic acids is 1. The lowest BCUT2D eigenvalue weighted by molar-refractivity contribution is 0.0697. The maximum atomic E-state index is 11.2. The fourth-order valence-electron chi connectivity index (χ4n) is 3.40. The van der Waals surface area contributed by atoms with Crippen molar-refractivity contribution in [1.29, 1.82) is 0 Å². The Kier molecular flexibility index (Phi) is 4.68. The van der Waals surface area contributed by atoms with Crippen molar-refractivity contribution >= 4 is 32.8 Å². The summed E-state index contributed by atoms with van der Waals surface area (Å²) >= 11 is 3.55. The standard InChI is InChI=1S/C21H21BrN2O3/c1-12-18-10-15(21(25)26)5-7-19(18)24(23-12)11-16-9-17(22)6-8-20(16)27-13(2)14-3-4-14/h5-10,13-14H,3-4,11H2,1-2H3,(H,25,26). The molecule has 3 aromatic rings. The lowest BCUT2D eigenvalue weighted by atomic mass is 10.1. The zero-order valence-corrected chi connectivity index (χ0v) is 16.9. The van der Waals surface area contributed by atoms with Crippen LogP contribution in [0.1, 0.15) is 41.4 Å². The van der Waals surface area contributed by atoms with Crippen LogP contribution in [0, 0.1) is 12.8 Å². The van der Waals surface area contributed by atoms with E-state index < -0.39 is 5.97 Å². The maximum Gasteiger partial charge on any atom is 0.335 e. The molecule has 4 rings (SSSR count). The van der Waals surface area contributed by atoms with E-state index in [1.165, 1.54) is 12.8 Å². The number of nitrogens with zero attached hydrogens (tertiary/aromatic N) is 2. The number of benzene rings is 2. The predicted octanol–water partition coefficient (Wildman–Crippen LogP) is 5.03. The summed E-state index contributed by atoms with van der Waals surface area (Å²) in [6.07, 6.45) is 2.68. The second-order valence-electron chi connectivity index (χ2n) is 7.19. The second kappa shape index (κ2) is 7.00. The number of hydrogen-bond acceptors (Lipinski definition) is 3. The maximum absolute atomic E-state index is 11.2. The van der Waals surface area contributed by atoms with Crippen molar-refractivity contribution in [2.75, 3.05) is 0 Å². The number of carboxylic acid groups (broad SMARTS) is 1. The first-order chi connectivity index (χ1) is 12.9. The number of hydrogen-bond donors (Lipinski definition) is 1. The molecule has 0 saturated heterocycles. The van der Waals surface area contributed by atoms with E-state index in [9.17, 15) is 9.90 Å². The third-order valence-electron chi connectivity index (χ3n) is 5.12. The molecule has 0 radical (unpaired) electrons. The molecule has 140 valence electrons. The van der Waals surface area contributed by atoms with Crippen LogP contribution >= 0.6 is 15.9 Å². The topological polar surface area (TPSA) is 64.4 Å². The van der Waals surface area contributed by atoms with Crippen LogP contribution in [-0.4, -0.2) is 27.0 Å². The highest BCUT2D eigenvalue weighted by atomic mass is 79.9. The number of halogens is 1. The summed E-state index contributed by atoms with van der Waals surface area (Å²) in [7, 11) is 0. The van der Waals surface area contributed by atoms with E-state index >= 15 is 0 Å². The fraction of sp³-hybridized carbons (Fsp3) is 0.333. The summed E-state index contributed by atoms with van der Waals surface area (Å²) in [4.78, 5) is 11.2. The molecule has 0 bridgehead atoms. The molecule has 1 N–H and O–H groups in total. The van der Waals surface area contributed by atoms with Gasteiger partial charge in [0.05, 0.1) is 29.4 Å². The predicted molar refractivity (Wildman–Crippen MR) is 107 cm³/mol. The van der Waals surface area contributed by atoms with Crippen LogP contribution in [0.5, 0.6) is 5.75 Å².